The number of rotatable bonds is 4. The molecule has 5 rings (SSSR count). The summed E-state index contributed by atoms with van der Waals surface area (Å²) in [4.78, 5) is 19.6. The van der Waals surface area contributed by atoms with Crippen LogP contribution in [-0.2, 0) is 0 Å². The van der Waals surface area contributed by atoms with Crippen molar-refractivity contribution in [2.45, 2.75) is 0 Å². The van der Waals surface area contributed by atoms with Crippen LogP contribution in [-0.4, -0.2) is 21.2 Å². The van der Waals surface area contributed by atoms with E-state index in [-0.39, 0.29) is 11.4 Å². The number of nitrogens with zero attached hydrogens (tertiary/aromatic N) is 3. The van der Waals surface area contributed by atoms with Crippen LogP contribution in [0.5, 0.6) is 5.75 Å². The van der Waals surface area contributed by atoms with Crippen LogP contribution in [0.3, 0.4) is 0 Å². The van der Waals surface area contributed by atoms with Crippen molar-refractivity contribution in [3.05, 3.63) is 92.9 Å². The lowest BCUT2D eigenvalue weighted by atomic mass is 10.0. The standard InChI is InChI=1S/C24H14BrN3O4/c25-16-4-1-14(2-5-16)24-27-21-12-17(6-10-23(21)32-24)26-13-20-19-8-7-18(28(30)31)11-15(19)3-9-22(20)29/h1-13,29H. The molecule has 156 valence electrons. The van der Waals surface area contributed by atoms with Crippen molar-refractivity contribution in [3.63, 3.8) is 0 Å². The Balaban J connectivity index is 1.50. The van der Waals surface area contributed by atoms with E-state index in [1.807, 2.05) is 24.3 Å². The van der Waals surface area contributed by atoms with Gasteiger partial charge in [0.05, 0.1) is 10.6 Å². The third-order valence-corrected chi connectivity index (χ3v) is 5.57. The van der Waals surface area contributed by atoms with Gasteiger partial charge in [0.15, 0.2) is 5.58 Å². The highest BCUT2D eigenvalue weighted by Gasteiger charge is 2.11. The zero-order valence-corrected chi connectivity index (χ0v) is 18.0. The Hall–Kier alpha value is -4.04. The van der Waals surface area contributed by atoms with Crippen LogP contribution in [0, 0.1) is 10.1 Å². The largest absolute Gasteiger partial charge is 0.507 e. The fourth-order valence-electron chi connectivity index (χ4n) is 3.43. The van der Waals surface area contributed by atoms with E-state index in [2.05, 4.69) is 25.9 Å². The molecular formula is C24H14BrN3O4. The van der Waals surface area contributed by atoms with Crippen molar-refractivity contribution >= 4 is 55.4 Å². The van der Waals surface area contributed by atoms with Crippen LogP contribution in [0.1, 0.15) is 5.56 Å². The molecular weight excluding hydrogens is 474 g/mol. The molecule has 0 aliphatic carbocycles. The average Bonchev–Trinajstić information content (AvgIpc) is 3.22. The molecule has 0 radical (unpaired) electrons. The number of aromatic hydroxyl groups is 1. The SMILES string of the molecule is O=[N+]([O-])c1ccc2c(C=Nc3ccc4oc(-c5ccc(Br)cc5)nc4c3)c(O)ccc2c1. The molecule has 1 N–H and O–H groups in total. The highest BCUT2D eigenvalue weighted by Crippen LogP contribution is 2.31. The van der Waals surface area contributed by atoms with Gasteiger partial charge in [0.2, 0.25) is 5.89 Å². The Kier molecular flexibility index (Phi) is 4.91. The number of phenols is 1. The Labute approximate surface area is 189 Å². The minimum atomic E-state index is -0.449. The molecule has 7 nitrogen and oxygen atoms in total. The molecule has 1 heterocycles. The third-order valence-electron chi connectivity index (χ3n) is 5.04. The molecule has 0 aliphatic heterocycles. The molecule has 32 heavy (non-hydrogen) atoms. The summed E-state index contributed by atoms with van der Waals surface area (Å²) in [5.74, 6) is 0.553. The normalized spacial score (nSPS) is 11.5. The molecule has 8 heteroatoms. The summed E-state index contributed by atoms with van der Waals surface area (Å²) in [6, 6.07) is 20.7. The van der Waals surface area contributed by atoms with Gasteiger partial charge in [0.1, 0.15) is 11.3 Å². The van der Waals surface area contributed by atoms with Crippen molar-refractivity contribution in [2.24, 2.45) is 4.99 Å². The summed E-state index contributed by atoms with van der Waals surface area (Å²) < 4.78 is 6.82. The summed E-state index contributed by atoms with van der Waals surface area (Å²) in [6.45, 7) is 0. The molecule has 1 aromatic heterocycles. The van der Waals surface area contributed by atoms with Crippen molar-refractivity contribution in [1.29, 1.82) is 0 Å². The zero-order chi connectivity index (χ0) is 22.2. The molecule has 0 bridgehead atoms. The summed E-state index contributed by atoms with van der Waals surface area (Å²) in [5.41, 5.74) is 3.27. The van der Waals surface area contributed by atoms with Crippen LogP contribution in [0.4, 0.5) is 11.4 Å². The number of aromatic nitrogens is 1. The highest BCUT2D eigenvalue weighted by molar-refractivity contribution is 9.10. The van der Waals surface area contributed by atoms with E-state index in [9.17, 15) is 15.2 Å². The summed E-state index contributed by atoms with van der Waals surface area (Å²) in [5, 5.41) is 22.7. The van der Waals surface area contributed by atoms with E-state index in [1.165, 1.54) is 18.2 Å². The maximum Gasteiger partial charge on any atom is 0.270 e. The first kappa shape index (κ1) is 19.9. The summed E-state index contributed by atoms with van der Waals surface area (Å²) >= 11 is 3.41. The number of benzene rings is 4. The van der Waals surface area contributed by atoms with E-state index in [0.29, 0.717) is 39.0 Å². The van der Waals surface area contributed by atoms with E-state index < -0.39 is 4.92 Å². The van der Waals surface area contributed by atoms with E-state index in [0.717, 1.165) is 10.0 Å². The molecule has 0 unspecified atom stereocenters. The number of phenolic OH excluding ortho intramolecular Hbond substituents is 1. The maximum atomic E-state index is 11.0. The van der Waals surface area contributed by atoms with Crippen molar-refractivity contribution in [1.82, 2.24) is 4.98 Å². The lowest BCUT2D eigenvalue weighted by Crippen LogP contribution is -1.90. The van der Waals surface area contributed by atoms with Gasteiger partial charge < -0.3 is 9.52 Å². The number of nitro benzene ring substituents is 1. The number of non-ortho nitro benzene ring substituents is 1. The Bertz CT molecular complexity index is 1520. The van der Waals surface area contributed by atoms with Gasteiger partial charge in [-0.15, -0.1) is 0 Å². The second-order valence-corrected chi connectivity index (χ2v) is 8.01. The fraction of sp³-hybridized carbons (Fsp3) is 0. The minimum Gasteiger partial charge on any atom is -0.507 e. The fourth-order valence-corrected chi connectivity index (χ4v) is 3.69. The Morgan fingerprint density at radius 3 is 2.62 bits per heavy atom. The topological polar surface area (TPSA) is 102 Å². The van der Waals surface area contributed by atoms with Gasteiger partial charge >= 0.3 is 0 Å². The first-order valence-electron chi connectivity index (χ1n) is 9.59. The lowest BCUT2D eigenvalue weighted by molar-refractivity contribution is -0.384. The summed E-state index contributed by atoms with van der Waals surface area (Å²) in [6.07, 6.45) is 1.54. The number of nitro groups is 1. The van der Waals surface area contributed by atoms with Gasteiger partial charge in [-0.05, 0) is 65.4 Å². The van der Waals surface area contributed by atoms with E-state index >= 15 is 0 Å². The van der Waals surface area contributed by atoms with Gasteiger partial charge in [-0.1, -0.05) is 22.0 Å². The number of halogens is 1. The van der Waals surface area contributed by atoms with Gasteiger partial charge in [-0.3, -0.25) is 15.1 Å². The number of hydrogen-bond donors (Lipinski definition) is 1. The predicted molar refractivity (Wildman–Crippen MR) is 127 cm³/mol. The van der Waals surface area contributed by atoms with E-state index in [1.54, 1.807) is 36.5 Å². The average molecular weight is 488 g/mol. The second kappa shape index (κ2) is 7.90. The van der Waals surface area contributed by atoms with Crippen LogP contribution in [0.25, 0.3) is 33.3 Å². The number of fused-ring (bicyclic) bond motifs is 2. The Morgan fingerprint density at radius 2 is 1.84 bits per heavy atom. The van der Waals surface area contributed by atoms with E-state index in [4.69, 9.17) is 4.42 Å². The van der Waals surface area contributed by atoms with Crippen LogP contribution in [0.15, 0.2) is 86.7 Å². The third kappa shape index (κ3) is 3.72. The number of hydrogen-bond acceptors (Lipinski definition) is 6. The molecule has 0 amide bonds. The predicted octanol–water partition coefficient (Wildman–Crippen LogP) is 6.77. The van der Waals surface area contributed by atoms with Crippen molar-refractivity contribution in [2.75, 3.05) is 0 Å². The molecule has 0 saturated heterocycles. The molecule has 0 saturated carbocycles. The monoisotopic (exact) mass is 487 g/mol. The van der Waals surface area contributed by atoms with Gasteiger partial charge in [-0.25, -0.2) is 4.98 Å². The molecule has 5 aromatic rings. The molecule has 0 spiro atoms. The first-order chi connectivity index (χ1) is 15.5. The second-order valence-electron chi connectivity index (χ2n) is 7.10. The van der Waals surface area contributed by atoms with Crippen molar-refractivity contribution in [3.8, 4) is 17.2 Å². The maximum absolute atomic E-state index is 11.0. The molecule has 0 fully saturated rings. The molecule has 0 aliphatic rings. The van der Waals surface area contributed by atoms with Gasteiger partial charge in [-0.2, -0.15) is 0 Å². The Morgan fingerprint density at radius 1 is 1.03 bits per heavy atom. The zero-order valence-electron chi connectivity index (χ0n) is 16.4. The number of oxazole rings is 1. The summed E-state index contributed by atoms with van der Waals surface area (Å²) in [7, 11) is 0. The molecule has 4 aromatic carbocycles. The highest BCUT2D eigenvalue weighted by atomic mass is 79.9. The van der Waals surface area contributed by atoms with Crippen LogP contribution < -0.4 is 0 Å². The smallest absolute Gasteiger partial charge is 0.270 e. The van der Waals surface area contributed by atoms with Crippen LogP contribution in [0.2, 0.25) is 0 Å². The minimum absolute atomic E-state index is 0.0101. The van der Waals surface area contributed by atoms with Crippen LogP contribution >= 0.6 is 15.9 Å². The first-order valence-corrected chi connectivity index (χ1v) is 10.4. The number of aliphatic imine (C=N–C) groups is 1. The van der Waals surface area contributed by atoms with Crippen molar-refractivity contribution < 1.29 is 14.4 Å². The van der Waals surface area contributed by atoms with Gasteiger partial charge in [0.25, 0.3) is 5.69 Å². The van der Waals surface area contributed by atoms with Gasteiger partial charge in [0, 0.05) is 33.9 Å². The quantitative estimate of drug-likeness (QED) is 0.171. The molecule has 0 atom stereocenters. The lowest BCUT2D eigenvalue weighted by Gasteiger charge is -2.05.